The van der Waals surface area contributed by atoms with Crippen molar-refractivity contribution < 1.29 is 14.3 Å². The predicted octanol–water partition coefficient (Wildman–Crippen LogP) is 4.25. The number of benzene rings is 2. The number of fused-ring (bicyclic) bond motifs is 1. The minimum absolute atomic E-state index is 0.00589. The number of nitrogens with zero attached hydrogens (tertiary/aromatic N) is 2. The van der Waals surface area contributed by atoms with Gasteiger partial charge in [0.05, 0.1) is 23.4 Å². The summed E-state index contributed by atoms with van der Waals surface area (Å²) < 4.78 is 6.36. The molecule has 0 spiro atoms. The van der Waals surface area contributed by atoms with Crippen LogP contribution in [0.2, 0.25) is 0 Å². The lowest BCUT2D eigenvalue weighted by Crippen LogP contribution is -2.36. The van der Waals surface area contributed by atoms with Crippen LogP contribution in [0.25, 0.3) is 10.2 Å². The third kappa shape index (κ3) is 4.37. The molecular formula is C23H25N3O3S. The molecule has 1 saturated heterocycles. The molecule has 6 nitrogen and oxygen atoms in total. The van der Waals surface area contributed by atoms with Gasteiger partial charge < -0.3 is 15.0 Å². The Bertz CT molecular complexity index is 1080. The van der Waals surface area contributed by atoms with Gasteiger partial charge >= 0.3 is 0 Å². The van der Waals surface area contributed by atoms with Gasteiger partial charge in [0, 0.05) is 24.3 Å². The van der Waals surface area contributed by atoms with Crippen LogP contribution in [0.5, 0.6) is 0 Å². The van der Waals surface area contributed by atoms with E-state index in [1.54, 1.807) is 29.5 Å². The van der Waals surface area contributed by atoms with Crippen LogP contribution in [0.4, 0.5) is 10.8 Å². The molecule has 0 unspecified atom stereocenters. The van der Waals surface area contributed by atoms with Crippen LogP contribution in [0, 0.1) is 0 Å². The smallest absolute Gasteiger partial charge is 0.296 e. The first kappa shape index (κ1) is 20.5. The number of thiazole rings is 1. The number of Topliss-reactive ketones (excluding diaryl/α,β-unsaturated/α-hetero) is 1. The van der Waals surface area contributed by atoms with Crippen LogP contribution >= 0.6 is 11.3 Å². The van der Waals surface area contributed by atoms with Gasteiger partial charge in [-0.3, -0.25) is 9.59 Å². The first-order valence-electron chi connectivity index (χ1n) is 10.0. The highest BCUT2D eigenvalue weighted by molar-refractivity contribution is 7.22. The monoisotopic (exact) mass is 423 g/mol. The second-order valence-corrected chi connectivity index (χ2v) is 9.40. The second-order valence-electron chi connectivity index (χ2n) is 8.39. The summed E-state index contributed by atoms with van der Waals surface area (Å²) in [5, 5.41) is 3.67. The number of amides is 1. The van der Waals surface area contributed by atoms with Gasteiger partial charge in [-0.2, -0.15) is 0 Å². The SMILES string of the molecule is CC(C)(C)c1ccc(C(=O)C(=O)Nc2ccc3nc(N4CCOCC4)sc3c2)cc1. The fourth-order valence-electron chi connectivity index (χ4n) is 3.32. The lowest BCUT2D eigenvalue weighted by molar-refractivity contribution is -0.112. The number of morpholine rings is 1. The second kappa shape index (κ2) is 8.16. The Morgan fingerprint density at radius 1 is 1.07 bits per heavy atom. The molecule has 1 aliphatic heterocycles. The molecule has 3 aromatic rings. The van der Waals surface area contributed by atoms with E-state index >= 15 is 0 Å². The van der Waals surface area contributed by atoms with Crippen molar-refractivity contribution in [2.45, 2.75) is 26.2 Å². The average Bonchev–Trinajstić information content (AvgIpc) is 3.17. The molecule has 1 N–H and O–H groups in total. The zero-order valence-electron chi connectivity index (χ0n) is 17.4. The lowest BCUT2D eigenvalue weighted by Gasteiger charge is -2.25. The number of aromatic nitrogens is 1. The van der Waals surface area contributed by atoms with E-state index in [-0.39, 0.29) is 5.41 Å². The molecule has 2 aromatic carbocycles. The molecule has 1 aromatic heterocycles. The molecule has 0 saturated carbocycles. The molecule has 0 atom stereocenters. The third-order valence-electron chi connectivity index (χ3n) is 5.14. The Morgan fingerprint density at radius 2 is 1.77 bits per heavy atom. The number of hydrogen-bond acceptors (Lipinski definition) is 6. The normalized spacial score (nSPS) is 14.7. The number of anilines is 2. The maximum absolute atomic E-state index is 12.5. The Labute approximate surface area is 179 Å². The van der Waals surface area contributed by atoms with Gasteiger partial charge in [0.25, 0.3) is 11.7 Å². The van der Waals surface area contributed by atoms with E-state index in [1.165, 1.54) is 0 Å². The number of hydrogen-bond donors (Lipinski definition) is 1. The molecule has 7 heteroatoms. The largest absolute Gasteiger partial charge is 0.378 e. The van der Waals surface area contributed by atoms with Crippen LogP contribution in [0.3, 0.4) is 0 Å². The average molecular weight is 424 g/mol. The summed E-state index contributed by atoms with van der Waals surface area (Å²) in [4.78, 5) is 31.9. The number of ether oxygens (including phenoxy) is 1. The molecule has 156 valence electrons. The van der Waals surface area contributed by atoms with Crippen molar-refractivity contribution in [2.24, 2.45) is 0 Å². The minimum Gasteiger partial charge on any atom is -0.378 e. The third-order valence-corrected chi connectivity index (χ3v) is 6.21. The molecule has 0 aliphatic carbocycles. The summed E-state index contributed by atoms with van der Waals surface area (Å²) in [5.41, 5.74) is 2.96. The van der Waals surface area contributed by atoms with Crippen molar-refractivity contribution >= 4 is 44.1 Å². The van der Waals surface area contributed by atoms with Gasteiger partial charge in [0.2, 0.25) is 0 Å². The number of carbonyl (C=O) groups is 2. The zero-order chi connectivity index (χ0) is 21.3. The summed E-state index contributed by atoms with van der Waals surface area (Å²) in [6, 6.07) is 12.7. The molecule has 1 aliphatic rings. The van der Waals surface area contributed by atoms with Crippen molar-refractivity contribution in [3.8, 4) is 0 Å². The number of ketones is 1. The summed E-state index contributed by atoms with van der Waals surface area (Å²) in [6.07, 6.45) is 0. The fourth-order valence-corrected chi connectivity index (χ4v) is 4.38. The van der Waals surface area contributed by atoms with Crippen molar-refractivity contribution in [2.75, 3.05) is 36.5 Å². The van der Waals surface area contributed by atoms with E-state index < -0.39 is 11.7 Å². The summed E-state index contributed by atoms with van der Waals surface area (Å²) in [5.74, 6) is -1.19. The minimum atomic E-state index is -0.643. The number of rotatable bonds is 4. The molecule has 0 radical (unpaired) electrons. The van der Waals surface area contributed by atoms with Crippen molar-refractivity contribution in [1.29, 1.82) is 0 Å². The van der Waals surface area contributed by atoms with Crippen LogP contribution < -0.4 is 10.2 Å². The van der Waals surface area contributed by atoms with E-state index in [1.807, 2.05) is 24.3 Å². The van der Waals surface area contributed by atoms with Gasteiger partial charge in [0.15, 0.2) is 5.13 Å². The molecule has 0 bridgehead atoms. The van der Waals surface area contributed by atoms with E-state index in [0.29, 0.717) is 24.5 Å². The van der Waals surface area contributed by atoms with Gasteiger partial charge in [-0.1, -0.05) is 56.4 Å². The summed E-state index contributed by atoms with van der Waals surface area (Å²) in [7, 11) is 0. The van der Waals surface area contributed by atoms with Crippen molar-refractivity contribution in [1.82, 2.24) is 4.98 Å². The van der Waals surface area contributed by atoms with E-state index in [4.69, 9.17) is 4.74 Å². The van der Waals surface area contributed by atoms with Crippen LogP contribution in [-0.2, 0) is 14.9 Å². The first-order chi connectivity index (χ1) is 14.3. The Kier molecular flexibility index (Phi) is 5.58. The van der Waals surface area contributed by atoms with E-state index in [9.17, 15) is 9.59 Å². The van der Waals surface area contributed by atoms with Crippen LogP contribution in [-0.4, -0.2) is 43.0 Å². The molecule has 2 heterocycles. The highest BCUT2D eigenvalue weighted by atomic mass is 32.1. The zero-order valence-corrected chi connectivity index (χ0v) is 18.2. The summed E-state index contributed by atoms with van der Waals surface area (Å²) >= 11 is 1.58. The molecule has 30 heavy (non-hydrogen) atoms. The van der Waals surface area contributed by atoms with Gasteiger partial charge in [0.1, 0.15) is 0 Å². The van der Waals surface area contributed by atoms with Crippen molar-refractivity contribution in [3.05, 3.63) is 53.6 Å². The van der Waals surface area contributed by atoms with Crippen molar-refractivity contribution in [3.63, 3.8) is 0 Å². The predicted molar refractivity (Wildman–Crippen MR) is 121 cm³/mol. The summed E-state index contributed by atoms with van der Waals surface area (Å²) in [6.45, 7) is 9.38. The number of carbonyl (C=O) groups excluding carboxylic acids is 2. The Morgan fingerprint density at radius 3 is 2.43 bits per heavy atom. The van der Waals surface area contributed by atoms with E-state index in [2.05, 4.69) is 36.0 Å². The number of nitrogens with one attached hydrogen (secondary N) is 1. The van der Waals surface area contributed by atoms with Crippen LogP contribution in [0.1, 0.15) is 36.7 Å². The molecule has 1 amide bonds. The molecule has 1 fully saturated rings. The standard InChI is InChI=1S/C23H25N3O3S/c1-23(2,3)16-6-4-15(5-7-16)20(27)21(28)24-17-8-9-18-19(14-17)30-22(25-18)26-10-12-29-13-11-26/h4-9,14H,10-13H2,1-3H3,(H,24,28). The first-order valence-corrected chi connectivity index (χ1v) is 10.8. The Balaban J connectivity index is 1.47. The molecular weight excluding hydrogens is 398 g/mol. The highest BCUT2D eigenvalue weighted by Crippen LogP contribution is 2.31. The quantitative estimate of drug-likeness (QED) is 0.502. The van der Waals surface area contributed by atoms with Crippen LogP contribution in [0.15, 0.2) is 42.5 Å². The van der Waals surface area contributed by atoms with Gasteiger partial charge in [-0.25, -0.2) is 4.98 Å². The fraction of sp³-hybridized carbons (Fsp3) is 0.348. The van der Waals surface area contributed by atoms with E-state index in [0.717, 1.165) is 34.0 Å². The lowest BCUT2D eigenvalue weighted by atomic mass is 9.86. The maximum Gasteiger partial charge on any atom is 0.296 e. The topological polar surface area (TPSA) is 71.5 Å². The maximum atomic E-state index is 12.5. The highest BCUT2D eigenvalue weighted by Gasteiger charge is 2.20. The van der Waals surface area contributed by atoms with Gasteiger partial charge in [-0.15, -0.1) is 0 Å². The van der Waals surface area contributed by atoms with Gasteiger partial charge in [-0.05, 0) is 29.2 Å². The Hall–Kier alpha value is -2.77. The molecule has 4 rings (SSSR count).